The van der Waals surface area contributed by atoms with E-state index in [1.165, 1.54) is 0 Å². The number of aromatic amines is 1. The van der Waals surface area contributed by atoms with Crippen LogP contribution in [0.15, 0.2) is 54.7 Å². The van der Waals surface area contributed by atoms with Crippen molar-refractivity contribution in [1.29, 1.82) is 0 Å². The summed E-state index contributed by atoms with van der Waals surface area (Å²) in [5, 5.41) is 4.12. The van der Waals surface area contributed by atoms with Gasteiger partial charge in [0.15, 0.2) is 0 Å². The standard InChI is InChI=1S/C20H21N3O2/c1-25-17-5-2-4-15(13-17)19-6-3-11-23(19)20(24)22-16-7-8-18-14(12-16)9-10-21-18/h2,4-5,7-10,12-13,19,21H,3,6,11H2,1H3,(H,22,24). The molecule has 0 bridgehead atoms. The van der Waals surface area contributed by atoms with E-state index in [1.54, 1.807) is 7.11 Å². The molecule has 2 amide bonds. The number of amides is 2. The van der Waals surface area contributed by atoms with Crippen LogP contribution in [-0.2, 0) is 0 Å². The highest BCUT2D eigenvalue weighted by Gasteiger charge is 2.30. The number of nitrogens with one attached hydrogen (secondary N) is 2. The van der Waals surface area contributed by atoms with E-state index in [-0.39, 0.29) is 12.1 Å². The number of anilines is 1. The summed E-state index contributed by atoms with van der Waals surface area (Å²) in [4.78, 5) is 17.9. The number of ether oxygens (including phenoxy) is 1. The number of carbonyl (C=O) groups excluding carboxylic acids is 1. The van der Waals surface area contributed by atoms with E-state index in [0.29, 0.717) is 0 Å². The molecule has 25 heavy (non-hydrogen) atoms. The van der Waals surface area contributed by atoms with Gasteiger partial charge in [-0.2, -0.15) is 0 Å². The van der Waals surface area contributed by atoms with Crippen LogP contribution < -0.4 is 10.1 Å². The Kier molecular flexibility index (Phi) is 4.06. The molecule has 4 rings (SSSR count). The molecule has 2 N–H and O–H groups in total. The number of methoxy groups -OCH3 is 1. The van der Waals surface area contributed by atoms with Gasteiger partial charge in [0.2, 0.25) is 0 Å². The van der Waals surface area contributed by atoms with Crippen molar-refractivity contribution in [2.75, 3.05) is 19.0 Å². The first-order valence-electron chi connectivity index (χ1n) is 8.53. The van der Waals surface area contributed by atoms with Gasteiger partial charge in [0.25, 0.3) is 0 Å². The third-order valence-corrected chi connectivity index (χ3v) is 4.80. The van der Waals surface area contributed by atoms with E-state index in [1.807, 2.05) is 53.6 Å². The molecule has 3 aromatic rings. The van der Waals surface area contributed by atoms with Crippen LogP contribution in [0.25, 0.3) is 10.9 Å². The Labute approximate surface area is 146 Å². The number of benzene rings is 2. The van der Waals surface area contributed by atoms with Crippen molar-refractivity contribution in [3.05, 3.63) is 60.3 Å². The Morgan fingerprint density at radius 1 is 1.24 bits per heavy atom. The zero-order chi connectivity index (χ0) is 17.2. The predicted octanol–water partition coefficient (Wildman–Crippen LogP) is 4.55. The van der Waals surface area contributed by atoms with Crippen molar-refractivity contribution in [1.82, 2.24) is 9.88 Å². The molecule has 5 nitrogen and oxygen atoms in total. The molecule has 0 radical (unpaired) electrons. The van der Waals surface area contributed by atoms with Crippen molar-refractivity contribution in [2.45, 2.75) is 18.9 Å². The fourth-order valence-electron chi connectivity index (χ4n) is 3.53. The average molecular weight is 335 g/mol. The van der Waals surface area contributed by atoms with Gasteiger partial charge in [-0.15, -0.1) is 0 Å². The van der Waals surface area contributed by atoms with Gasteiger partial charge in [0.05, 0.1) is 13.2 Å². The summed E-state index contributed by atoms with van der Waals surface area (Å²) >= 11 is 0. The minimum Gasteiger partial charge on any atom is -0.497 e. The maximum absolute atomic E-state index is 12.8. The molecule has 1 aromatic heterocycles. The molecule has 0 aliphatic carbocycles. The lowest BCUT2D eigenvalue weighted by Gasteiger charge is -2.25. The second-order valence-electron chi connectivity index (χ2n) is 6.34. The van der Waals surface area contributed by atoms with E-state index in [0.717, 1.165) is 47.3 Å². The Balaban J connectivity index is 1.53. The maximum atomic E-state index is 12.8. The van der Waals surface area contributed by atoms with Crippen LogP contribution >= 0.6 is 0 Å². The topological polar surface area (TPSA) is 57.4 Å². The molecule has 2 heterocycles. The van der Waals surface area contributed by atoms with Gasteiger partial charge in [0, 0.05) is 29.3 Å². The summed E-state index contributed by atoms with van der Waals surface area (Å²) in [7, 11) is 1.66. The second-order valence-corrected chi connectivity index (χ2v) is 6.34. The van der Waals surface area contributed by atoms with Crippen molar-refractivity contribution in [2.24, 2.45) is 0 Å². The molecule has 1 unspecified atom stereocenters. The number of urea groups is 1. The Bertz CT molecular complexity index is 903. The third kappa shape index (κ3) is 3.05. The minimum absolute atomic E-state index is 0.0554. The van der Waals surface area contributed by atoms with Gasteiger partial charge in [-0.25, -0.2) is 4.79 Å². The first kappa shape index (κ1) is 15.6. The van der Waals surface area contributed by atoms with Crippen LogP contribution in [0.5, 0.6) is 5.75 Å². The second kappa shape index (κ2) is 6.51. The van der Waals surface area contributed by atoms with Gasteiger partial charge < -0.3 is 19.9 Å². The molecular formula is C20H21N3O2. The minimum atomic E-state index is -0.0554. The van der Waals surface area contributed by atoms with Crippen LogP contribution in [-0.4, -0.2) is 29.6 Å². The highest BCUT2D eigenvalue weighted by molar-refractivity contribution is 5.93. The van der Waals surface area contributed by atoms with E-state index in [2.05, 4.69) is 16.4 Å². The summed E-state index contributed by atoms with van der Waals surface area (Å²) in [6.07, 6.45) is 3.87. The summed E-state index contributed by atoms with van der Waals surface area (Å²) in [6, 6.07) is 15.9. The molecule has 1 aliphatic rings. The average Bonchev–Trinajstić information content (AvgIpc) is 3.30. The first-order valence-corrected chi connectivity index (χ1v) is 8.53. The molecule has 0 spiro atoms. The highest BCUT2D eigenvalue weighted by Crippen LogP contribution is 2.34. The number of carbonyl (C=O) groups is 1. The van der Waals surface area contributed by atoms with E-state index in [9.17, 15) is 4.79 Å². The van der Waals surface area contributed by atoms with E-state index < -0.39 is 0 Å². The lowest BCUT2D eigenvalue weighted by Crippen LogP contribution is -2.34. The number of hydrogen-bond acceptors (Lipinski definition) is 2. The number of hydrogen-bond donors (Lipinski definition) is 2. The molecule has 1 saturated heterocycles. The Morgan fingerprint density at radius 3 is 3.04 bits per heavy atom. The highest BCUT2D eigenvalue weighted by atomic mass is 16.5. The largest absolute Gasteiger partial charge is 0.497 e. The van der Waals surface area contributed by atoms with Crippen LogP contribution in [0.1, 0.15) is 24.4 Å². The van der Waals surface area contributed by atoms with Gasteiger partial charge in [0.1, 0.15) is 5.75 Å². The lowest BCUT2D eigenvalue weighted by atomic mass is 10.0. The molecule has 1 fully saturated rings. The summed E-state index contributed by atoms with van der Waals surface area (Å²) in [5.74, 6) is 0.822. The molecule has 0 saturated carbocycles. The number of likely N-dealkylation sites (tertiary alicyclic amines) is 1. The van der Waals surface area contributed by atoms with Crippen molar-refractivity contribution in [3.8, 4) is 5.75 Å². The number of fused-ring (bicyclic) bond motifs is 1. The normalized spacial score (nSPS) is 17.0. The first-order chi connectivity index (χ1) is 12.2. The zero-order valence-electron chi connectivity index (χ0n) is 14.2. The molecular weight excluding hydrogens is 314 g/mol. The predicted molar refractivity (Wildman–Crippen MR) is 99.0 cm³/mol. The molecule has 1 aliphatic heterocycles. The van der Waals surface area contributed by atoms with Gasteiger partial charge >= 0.3 is 6.03 Å². The number of nitrogens with zero attached hydrogens (tertiary/aromatic N) is 1. The fraction of sp³-hybridized carbons (Fsp3) is 0.250. The van der Waals surface area contributed by atoms with Crippen molar-refractivity contribution < 1.29 is 9.53 Å². The Hall–Kier alpha value is -2.95. The van der Waals surface area contributed by atoms with Gasteiger partial charge in [-0.1, -0.05) is 12.1 Å². The number of rotatable bonds is 3. The molecule has 1 atom stereocenters. The van der Waals surface area contributed by atoms with Crippen LogP contribution in [0, 0.1) is 0 Å². The SMILES string of the molecule is COc1cccc(C2CCCN2C(=O)Nc2ccc3[nH]ccc3c2)c1. The number of aromatic nitrogens is 1. The monoisotopic (exact) mass is 335 g/mol. The van der Waals surface area contributed by atoms with E-state index in [4.69, 9.17) is 4.74 Å². The quantitative estimate of drug-likeness (QED) is 0.738. The van der Waals surface area contributed by atoms with Crippen LogP contribution in [0.2, 0.25) is 0 Å². The molecule has 128 valence electrons. The summed E-state index contributed by atoms with van der Waals surface area (Å²) in [6.45, 7) is 0.764. The lowest BCUT2D eigenvalue weighted by molar-refractivity contribution is 0.207. The summed E-state index contributed by atoms with van der Waals surface area (Å²) < 4.78 is 5.32. The van der Waals surface area contributed by atoms with Gasteiger partial charge in [-0.3, -0.25) is 0 Å². The zero-order valence-corrected chi connectivity index (χ0v) is 14.2. The number of H-pyrrole nitrogens is 1. The van der Waals surface area contributed by atoms with Crippen LogP contribution in [0.4, 0.5) is 10.5 Å². The van der Waals surface area contributed by atoms with Crippen molar-refractivity contribution in [3.63, 3.8) is 0 Å². The third-order valence-electron chi connectivity index (χ3n) is 4.80. The molecule has 2 aromatic carbocycles. The fourth-order valence-corrected chi connectivity index (χ4v) is 3.53. The maximum Gasteiger partial charge on any atom is 0.322 e. The van der Waals surface area contributed by atoms with E-state index >= 15 is 0 Å². The van der Waals surface area contributed by atoms with Gasteiger partial charge in [-0.05, 0) is 54.8 Å². The smallest absolute Gasteiger partial charge is 0.322 e. The molecule has 5 heteroatoms. The Morgan fingerprint density at radius 2 is 2.16 bits per heavy atom. The summed E-state index contributed by atoms with van der Waals surface area (Å²) in [5.41, 5.74) is 3.00. The van der Waals surface area contributed by atoms with Crippen LogP contribution in [0.3, 0.4) is 0 Å². The van der Waals surface area contributed by atoms with Crippen molar-refractivity contribution >= 4 is 22.6 Å².